The topological polar surface area (TPSA) is 96.8 Å². The highest BCUT2D eigenvalue weighted by atomic mass is 19.1. The normalized spacial score (nSPS) is 14.4. The summed E-state index contributed by atoms with van der Waals surface area (Å²) >= 11 is 0. The van der Waals surface area contributed by atoms with Crippen LogP contribution in [-0.2, 0) is 6.42 Å². The molecule has 1 aromatic carbocycles. The summed E-state index contributed by atoms with van der Waals surface area (Å²) in [6.07, 6.45) is 3.56. The third kappa shape index (κ3) is 3.76. The first-order valence-corrected chi connectivity index (χ1v) is 9.54. The van der Waals surface area contributed by atoms with Crippen molar-refractivity contribution in [3.63, 3.8) is 0 Å². The van der Waals surface area contributed by atoms with Gasteiger partial charge in [-0.2, -0.15) is 5.10 Å². The van der Waals surface area contributed by atoms with E-state index in [1.54, 1.807) is 19.9 Å². The molecule has 2 N–H and O–H groups in total. The second kappa shape index (κ2) is 7.98. The Balaban J connectivity index is 1.57. The highest BCUT2D eigenvalue weighted by Gasteiger charge is 2.28. The van der Waals surface area contributed by atoms with Crippen LogP contribution in [0.25, 0.3) is 0 Å². The van der Waals surface area contributed by atoms with E-state index in [9.17, 15) is 14.0 Å². The first kappa shape index (κ1) is 19.6. The lowest BCUT2D eigenvalue weighted by atomic mass is 9.93. The Morgan fingerprint density at radius 3 is 2.53 bits per heavy atom. The Bertz CT molecular complexity index is 1140. The van der Waals surface area contributed by atoms with Crippen molar-refractivity contribution in [2.75, 3.05) is 5.32 Å². The van der Waals surface area contributed by atoms with Crippen LogP contribution < -0.4 is 10.7 Å². The van der Waals surface area contributed by atoms with Gasteiger partial charge in [0, 0.05) is 23.2 Å². The zero-order chi connectivity index (χ0) is 21.3. The third-order valence-corrected chi connectivity index (χ3v) is 5.03. The summed E-state index contributed by atoms with van der Waals surface area (Å²) in [5.74, 6) is 0.177. The molecule has 0 spiro atoms. The Morgan fingerprint density at radius 2 is 1.83 bits per heavy atom. The molecule has 0 saturated carbocycles. The van der Waals surface area contributed by atoms with Gasteiger partial charge in [0.2, 0.25) is 0 Å². The molecular weight excluding hydrogens is 389 g/mol. The van der Waals surface area contributed by atoms with Gasteiger partial charge in [0.15, 0.2) is 5.76 Å². The predicted molar refractivity (Wildman–Crippen MR) is 108 cm³/mol. The zero-order valence-electron chi connectivity index (χ0n) is 16.5. The second-order valence-corrected chi connectivity index (χ2v) is 7.06. The average Bonchev–Trinajstić information content (AvgIpc) is 3.31. The van der Waals surface area contributed by atoms with E-state index in [0.717, 1.165) is 12.0 Å². The Kier molecular flexibility index (Phi) is 5.22. The fourth-order valence-corrected chi connectivity index (χ4v) is 3.52. The second-order valence-electron chi connectivity index (χ2n) is 7.06. The van der Waals surface area contributed by atoms with Crippen molar-refractivity contribution in [3.8, 4) is 0 Å². The van der Waals surface area contributed by atoms with Crippen LogP contribution in [0.15, 0.2) is 50.5 Å². The number of nitrogens with zero attached hydrogens (tertiary/aromatic N) is 1. The molecule has 2 heterocycles. The molecule has 0 atom stereocenters. The molecule has 30 heavy (non-hydrogen) atoms. The molecule has 2 aromatic heterocycles. The minimum atomic E-state index is -0.425. The summed E-state index contributed by atoms with van der Waals surface area (Å²) in [7, 11) is 0. The lowest BCUT2D eigenvalue weighted by Crippen LogP contribution is -2.22. The highest BCUT2D eigenvalue weighted by molar-refractivity contribution is 6.09. The Labute approximate surface area is 172 Å². The summed E-state index contributed by atoms with van der Waals surface area (Å²) in [6, 6.07) is 7.07. The summed E-state index contributed by atoms with van der Waals surface area (Å²) in [5, 5.41) is 7.00. The molecule has 4 rings (SSSR count). The molecule has 1 aliphatic rings. The minimum absolute atomic E-state index is 0.177. The summed E-state index contributed by atoms with van der Waals surface area (Å²) < 4.78 is 24.0. The van der Waals surface area contributed by atoms with Crippen molar-refractivity contribution in [1.82, 2.24) is 5.43 Å². The van der Waals surface area contributed by atoms with Crippen molar-refractivity contribution in [2.45, 2.75) is 33.1 Å². The maximum absolute atomic E-state index is 13.1. The fraction of sp³-hybridized carbons (Fsp3) is 0.227. The first-order chi connectivity index (χ1) is 14.4. The largest absolute Gasteiger partial charge is 0.469 e. The number of amides is 2. The SMILES string of the molecule is Cc1occc1C(=O)N/N=C1\CCCc2oc(C(=O)Nc3ccc(F)cc3)c(C)c21. The van der Waals surface area contributed by atoms with Gasteiger partial charge in [-0.3, -0.25) is 9.59 Å². The van der Waals surface area contributed by atoms with E-state index >= 15 is 0 Å². The van der Waals surface area contributed by atoms with Gasteiger partial charge in [-0.1, -0.05) is 0 Å². The van der Waals surface area contributed by atoms with E-state index < -0.39 is 5.91 Å². The van der Waals surface area contributed by atoms with E-state index in [1.165, 1.54) is 30.5 Å². The molecule has 7 nitrogen and oxygen atoms in total. The van der Waals surface area contributed by atoms with Crippen LogP contribution in [0.2, 0.25) is 0 Å². The number of anilines is 1. The molecule has 2 amide bonds. The van der Waals surface area contributed by atoms with Crippen LogP contribution >= 0.6 is 0 Å². The lowest BCUT2D eigenvalue weighted by Gasteiger charge is -2.13. The number of hydrazone groups is 1. The van der Waals surface area contributed by atoms with Crippen molar-refractivity contribution in [3.05, 3.63) is 76.4 Å². The quantitative estimate of drug-likeness (QED) is 0.626. The minimum Gasteiger partial charge on any atom is -0.469 e. The number of benzene rings is 1. The van der Waals surface area contributed by atoms with Gasteiger partial charge in [-0.25, -0.2) is 9.82 Å². The number of fused-ring (bicyclic) bond motifs is 1. The maximum Gasteiger partial charge on any atom is 0.291 e. The van der Waals surface area contributed by atoms with Gasteiger partial charge in [-0.05, 0) is 57.0 Å². The Hall–Kier alpha value is -3.68. The lowest BCUT2D eigenvalue weighted by molar-refractivity contribution is 0.0952. The molecule has 0 radical (unpaired) electrons. The summed E-state index contributed by atoms with van der Waals surface area (Å²) in [4.78, 5) is 25.0. The maximum atomic E-state index is 13.1. The van der Waals surface area contributed by atoms with E-state index in [-0.39, 0.29) is 17.5 Å². The van der Waals surface area contributed by atoms with E-state index in [2.05, 4.69) is 15.8 Å². The number of furan rings is 2. The van der Waals surface area contributed by atoms with E-state index in [0.29, 0.717) is 46.9 Å². The molecule has 8 heteroatoms. The smallest absolute Gasteiger partial charge is 0.291 e. The van der Waals surface area contributed by atoms with Crippen molar-refractivity contribution < 1.29 is 22.8 Å². The molecule has 0 bridgehead atoms. The third-order valence-electron chi connectivity index (χ3n) is 5.03. The van der Waals surface area contributed by atoms with Gasteiger partial charge >= 0.3 is 0 Å². The number of rotatable bonds is 4. The number of hydrogen-bond donors (Lipinski definition) is 2. The number of carbonyl (C=O) groups excluding carboxylic acids is 2. The van der Waals surface area contributed by atoms with E-state index in [1.807, 2.05) is 0 Å². The van der Waals surface area contributed by atoms with Crippen LogP contribution in [0.4, 0.5) is 10.1 Å². The average molecular weight is 409 g/mol. The van der Waals surface area contributed by atoms with Gasteiger partial charge in [0.1, 0.15) is 17.3 Å². The van der Waals surface area contributed by atoms with Crippen LogP contribution in [0.5, 0.6) is 0 Å². The molecule has 1 aliphatic carbocycles. The standard InChI is InChI=1S/C22H20FN3O4/c1-12-19-17(25-26-21(27)16-10-11-29-13(16)2)4-3-5-18(19)30-20(12)22(28)24-15-8-6-14(23)7-9-15/h6-11H,3-5H2,1-2H3,(H,24,28)(H,26,27)/b25-17+. The van der Waals surface area contributed by atoms with Crippen molar-refractivity contribution >= 4 is 23.2 Å². The van der Waals surface area contributed by atoms with Gasteiger partial charge in [0.05, 0.1) is 17.5 Å². The van der Waals surface area contributed by atoms with Crippen molar-refractivity contribution in [2.24, 2.45) is 5.10 Å². The molecule has 0 aliphatic heterocycles. The first-order valence-electron chi connectivity index (χ1n) is 9.54. The molecular formula is C22H20FN3O4. The monoisotopic (exact) mass is 409 g/mol. The summed E-state index contributed by atoms with van der Waals surface area (Å²) in [6.45, 7) is 3.48. The molecule has 0 saturated heterocycles. The molecule has 154 valence electrons. The van der Waals surface area contributed by atoms with Gasteiger partial charge < -0.3 is 14.2 Å². The number of aryl methyl sites for hydroxylation is 2. The Morgan fingerprint density at radius 1 is 1.07 bits per heavy atom. The number of halogens is 1. The van der Waals surface area contributed by atoms with Crippen LogP contribution in [0, 0.1) is 19.7 Å². The molecule has 0 unspecified atom stereocenters. The predicted octanol–water partition coefficient (Wildman–Crippen LogP) is 4.35. The highest BCUT2D eigenvalue weighted by Crippen LogP contribution is 2.30. The number of hydrogen-bond acceptors (Lipinski definition) is 5. The molecule has 3 aromatic rings. The van der Waals surface area contributed by atoms with Crippen LogP contribution in [0.1, 0.15) is 56.4 Å². The van der Waals surface area contributed by atoms with Gasteiger partial charge in [-0.15, -0.1) is 0 Å². The zero-order valence-corrected chi connectivity index (χ0v) is 16.5. The van der Waals surface area contributed by atoms with Crippen LogP contribution in [0.3, 0.4) is 0 Å². The fourth-order valence-electron chi connectivity index (χ4n) is 3.52. The number of carbonyl (C=O) groups is 2. The van der Waals surface area contributed by atoms with Gasteiger partial charge in [0.25, 0.3) is 11.8 Å². The summed E-state index contributed by atoms with van der Waals surface area (Å²) in [5.41, 5.74) is 5.49. The van der Waals surface area contributed by atoms with Crippen LogP contribution in [-0.4, -0.2) is 17.5 Å². The molecule has 0 fully saturated rings. The van der Waals surface area contributed by atoms with E-state index in [4.69, 9.17) is 8.83 Å². The van der Waals surface area contributed by atoms with Crippen molar-refractivity contribution in [1.29, 1.82) is 0 Å². The number of nitrogens with one attached hydrogen (secondary N) is 2.